The smallest absolute Gasteiger partial charge is 0.463 e. The molecule has 0 rings (SSSR count). The van der Waals surface area contributed by atoms with Gasteiger partial charge < -0.3 is 20.1 Å². The van der Waals surface area contributed by atoms with E-state index in [1.54, 1.807) is 6.92 Å². The second-order valence-corrected chi connectivity index (χ2v) is 10.8. The Hall–Kier alpha value is -2.03. The molecule has 0 spiro atoms. The van der Waals surface area contributed by atoms with Crippen LogP contribution in [0.5, 0.6) is 0 Å². The molecule has 230 valence electrons. The molecule has 0 bridgehead atoms. The summed E-state index contributed by atoms with van der Waals surface area (Å²) in [6.07, 6.45) is 28.6. The van der Waals surface area contributed by atoms with Crippen LogP contribution < -0.4 is 5.32 Å². The number of amides is 1. The third-order valence-corrected chi connectivity index (χ3v) is 6.55. The van der Waals surface area contributed by atoms with E-state index in [9.17, 15) is 24.2 Å². The Labute approximate surface area is 241 Å². The summed E-state index contributed by atoms with van der Waals surface area (Å²) < 4.78 is 25.9. The van der Waals surface area contributed by atoms with Crippen LogP contribution in [0.4, 0.5) is 0 Å². The van der Waals surface area contributed by atoms with Crippen molar-refractivity contribution >= 4 is 19.7 Å². The van der Waals surface area contributed by atoms with Gasteiger partial charge in [0.1, 0.15) is 12.7 Å². The van der Waals surface area contributed by atoms with Crippen molar-refractivity contribution in [1.29, 1.82) is 0 Å². The lowest BCUT2D eigenvalue weighted by Crippen LogP contribution is -2.27. The van der Waals surface area contributed by atoms with Crippen molar-refractivity contribution in [3.8, 4) is 0 Å². The molecule has 0 aliphatic heterocycles. The lowest BCUT2D eigenvalue weighted by Gasteiger charge is -2.15. The Bertz CT molecular complexity index is 810. The monoisotopic (exact) mass is 585 g/mol. The third kappa shape index (κ3) is 27.5. The molecule has 3 N–H and O–H groups in total. The maximum Gasteiger partial charge on any atom is 0.472 e. The van der Waals surface area contributed by atoms with Gasteiger partial charge in [0.2, 0.25) is 5.91 Å². The first-order valence-electron chi connectivity index (χ1n) is 14.6. The van der Waals surface area contributed by atoms with Crippen LogP contribution in [-0.4, -0.2) is 54.3 Å². The Morgan fingerprint density at radius 3 is 1.95 bits per heavy atom. The van der Waals surface area contributed by atoms with Crippen LogP contribution in [0, 0.1) is 0 Å². The van der Waals surface area contributed by atoms with Crippen LogP contribution in [0.25, 0.3) is 0 Å². The molecular weight excluding hydrogens is 533 g/mol. The van der Waals surface area contributed by atoms with Crippen molar-refractivity contribution < 1.29 is 37.9 Å². The molecule has 1 amide bonds. The SMILES string of the molecule is CCCCC/C=C\C/C=C\C/C=C\C/C=C\CCCCCC(=O)NCCOP(=O)(O)OCC(O)COC(=O)CC. The molecule has 2 atom stereocenters. The minimum Gasteiger partial charge on any atom is -0.463 e. The average molecular weight is 586 g/mol. The first-order valence-corrected chi connectivity index (χ1v) is 16.1. The second-order valence-electron chi connectivity index (χ2n) is 9.33. The number of rotatable bonds is 26. The predicted molar refractivity (Wildman–Crippen MR) is 160 cm³/mol. The molecule has 0 aromatic heterocycles. The standard InChI is InChI=1S/C30H52NO8P/c1-3-5-6-7-8-9-10-11-12-13-14-15-16-17-18-19-20-21-22-23-29(33)31-24-25-38-40(35,36)39-27-28(32)26-37-30(34)4-2/h8-9,11-12,14-15,17-18,28,32H,3-7,10,13,16,19-27H2,1-2H3,(H,31,33)(H,35,36)/b9-8-,12-11-,15-14-,18-17-. The number of carbonyl (C=O) groups excluding carboxylic acids is 2. The summed E-state index contributed by atoms with van der Waals surface area (Å²) in [5, 5.41) is 12.2. The molecule has 9 nitrogen and oxygen atoms in total. The summed E-state index contributed by atoms with van der Waals surface area (Å²) in [6.45, 7) is 2.81. The number of aliphatic hydroxyl groups excluding tert-OH is 1. The fourth-order valence-electron chi connectivity index (χ4n) is 3.28. The number of hydrogen-bond acceptors (Lipinski definition) is 7. The summed E-state index contributed by atoms with van der Waals surface area (Å²) >= 11 is 0. The number of allylic oxidation sites excluding steroid dienone is 8. The number of carbonyl (C=O) groups is 2. The van der Waals surface area contributed by atoms with Gasteiger partial charge >= 0.3 is 13.8 Å². The van der Waals surface area contributed by atoms with Gasteiger partial charge in [0.05, 0.1) is 13.2 Å². The molecule has 40 heavy (non-hydrogen) atoms. The van der Waals surface area contributed by atoms with E-state index in [0.717, 1.165) is 44.9 Å². The number of nitrogens with one attached hydrogen (secondary N) is 1. The topological polar surface area (TPSA) is 131 Å². The van der Waals surface area contributed by atoms with Crippen LogP contribution in [0.3, 0.4) is 0 Å². The fourth-order valence-corrected chi connectivity index (χ4v) is 4.04. The molecule has 0 aromatic rings. The number of phosphoric ester groups is 1. The summed E-state index contributed by atoms with van der Waals surface area (Å²) in [5.74, 6) is -0.645. The second kappa shape index (κ2) is 27.2. The number of esters is 1. The molecule has 0 radical (unpaired) electrons. The highest BCUT2D eigenvalue weighted by molar-refractivity contribution is 7.47. The lowest BCUT2D eigenvalue weighted by molar-refractivity contribution is -0.146. The Balaban J connectivity index is 3.65. The zero-order valence-electron chi connectivity index (χ0n) is 24.5. The van der Waals surface area contributed by atoms with E-state index >= 15 is 0 Å². The fraction of sp³-hybridized carbons (Fsp3) is 0.667. The lowest BCUT2D eigenvalue weighted by atomic mass is 10.1. The minimum atomic E-state index is -4.39. The quantitative estimate of drug-likeness (QED) is 0.0455. The van der Waals surface area contributed by atoms with Crippen molar-refractivity contribution in [2.45, 2.75) is 103 Å². The molecule has 2 unspecified atom stereocenters. The number of hydrogen-bond donors (Lipinski definition) is 3. The van der Waals surface area contributed by atoms with Crippen LogP contribution >= 0.6 is 7.82 Å². The molecule has 0 aliphatic carbocycles. The highest BCUT2D eigenvalue weighted by Crippen LogP contribution is 2.42. The molecule has 10 heteroatoms. The van der Waals surface area contributed by atoms with Crippen molar-refractivity contribution in [2.75, 3.05) is 26.4 Å². The van der Waals surface area contributed by atoms with E-state index in [1.165, 1.54) is 25.7 Å². The molecule has 0 saturated carbocycles. The van der Waals surface area contributed by atoms with Gasteiger partial charge in [-0.25, -0.2) is 4.57 Å². The number of unbranched alkanes of at least 4 members (excludes halogenated alkanes) is 6. The van der Waals surface area contributed by atoms with Crippen molar-refractivity contribution in [1.82, 2.24) is 5.32 Å². The summed E-state index contributed by atoms with van der Waals surface area (Å²) in [5.41, 5.74) is 0. The molecule has 0 heterocycles. The molecular formula is C30H52NO8P. The van der Waals surface area contributed by atoms with Gasteiger partial charge in [-0.2, -0.15) is 0 Å². The largest absolute Gasteiger partial charge is 0.472 e. The number of aliphatic hydroxyl groups is 1. The average Bonchev–Trinajstić information content (AvgIpc) is 2.94. The molecule has 0 aliphatic rings. The maximum absolute atomic E-state index is 11.9. The first kappa shape index (κ1) is 38.0. The van der Waals surface area contributed by atoms with Crippen LogP contribution in [0.1, 0.15) is 97.3 Å². The van der Waals surface area contributed by atoms with Gasteiger partial charge in [0.25, 0.3) is 0 Å². The Morgan fingerprint density at radius 1 is 0.800 bits per heavy atom. The summed E-state index contributed by atoms with van der Waals surface area (Å²) in [6, 6.07) is 0. The Kier molecular flexibility index (Phi) is 25.8. The molecule has 0 saturated heterocycles. The van der Waals surface area contributed by atoms with E-state index in [0.29, 0.717) is 6.42 Å². The van der Waals surface area contributed by atoms with E-state index < -0.39 is 26.5 Å². The highest BCUT2D eigenvalue weighted by Gasteiger charge is 2.23. The molecule has 0 aromatic carbocycles. The maximum atomic E-state index is 11.9. The van der Waals surface area contributed by atoms with Crippen molar-refractivity contribution in [2.24, 2.45) is 0 Å². The number of ether oxygens (including phenoxy) is 1. The highest BCUT2D eigenvalue weighted by atomic mass is 31.2. The van der Waals surface area contributed by atoms with Crippen LogP contribution in [0.2, 0.25) is 0 Å². The summed E-state index contributed by atoms with van der Waals surface area (Å²) in [4.78, 5) is 32.5. The first-order chi connectivity index (χ1) is 19.3. The summed E-state index contributed by atoms with van der Waals surface area (Å²) in [7, 11) is -4.39. The van der Waals surface area contributed by atoms with Crippen molar-refractivity contribution in [3.63, 3.8) is 0 Å². The van der Waals surface area contributed by atoms with Gasteiger partial charge in [-0.1, -0.05) is 81.7 Å². The zero-order chi connectivity index (χ0) is 29.7. The Morgan fingerprint density at radius 2 is 1.38 bits per heavy atom. The van der Waals surface area contributed by atoms with E-state index in [1.807, 2.05) is 0 Å². The normalized spacial score (nSPS) is 14.4. The van der Waals surface area contributed by atoms with Gasteiger partial charge in [-0.3, -0.25) is 18.6 Å². The van der Waals surface area contributed by atoms with E-state index in [-0.39, 0.29) is 32.1 Å². The van der Waals surface area contributed by atoms with Crippen molar-refractivity contribution in [3.05, 3.63) is 48.6 Å². The van der Waals surface area contributed by atoms with E-state index in [2.05, 4.69) is 65.4 Å². The minimum absolute atomic E-state index is 0.0611. The van der Waals surface area contributed by atoms with Crippen LogP contribution in [0.15, 0.2) is 48.6 Å². The molecule has 0 fully saturated rings. The van der Waals surface area contributed by atoms with E-state index in [4.69, 9.17) is 9.26 Å². The van der Waals surface area contributed by atoms with Gasteiger partial charge in [-0.15, -0.1) is 0 Å². The third-order valence-electron chi connectivity index (χ3n) is 5.57. The van der Waals surface area contributed by atoms with Crippen LogP contribution in [-0.2, 0) is 27.9 Å². The number of phosphoric acid groups is 1. The van der Waals surface area contributed by atoms with Gasteiger partial charge in [-0.05, 0) is 51.4 Å². The van der Waals surface area contributed by atoms with Gasteiger partial charge in [0.15, 0.2) is 0 Å². The zero-order valence-corrected chi connectivity index (χ0v) is 25.4. The predicted octanol–water partition coefficient (Wildman–Crippen LogP) is 6.48. The van der Waals surface area contributed by atoms with Gasteiger partial charge in [0, 0.05) is 19.4 Å².